The van der Waals surface area contributed by atoms with Gasteiger partial charge in [0, 0.05) is 36.5 Å². The number of halogens is 1. The van der Waals surface area contributed by atoms with E-state index in [1.54, 1.807) is 22.0 Å². The largest absolute Gasteiger partial charge is 0.395 e. The van der Waals surface area contributed by atoms with Crippen LogP contribution in [0.2, 0.25) is 0 Å². The van der Waals surface area contributed by atoms with Gasteiger partial charge in [0.1, 0.15) is 11.6 Å². The highest BCUT2D eigenvalue weighted by Gasteiger charge is 2.77. The molecule has 1 aromatic carbocycles. The third-order valence-electron chi connectivity index (χ3n) is 8.80. The van der Waals surface area contributed by atoms with E-state index in [-0.39, 0.29) is 41.1 Å². The van der Waals surface area contributed by atoms with Gasteiger partial charge in [-0.2, -0.15) is 0 Å². The maximum absolute atomic E-state index is 14.7. The van der Waals surface area contributed by atoms with Crippen LogP contribution < -0.4 is 0 Å². The Bertz CT molecular complexity index is 1200. The molecule has 3 aliphatic heterocycles. The number of hydrogen-bond acceptors (Lipinski definition) is 5. The molecule has 3 aliphatic rings. The first-order chi connectivity index (χ1) is 19.7. The Hall–Kier alpha value is -2.49. The number of aliphatic hydroxyl groups is 1. The molecule has 4 rings (SSSR count). The molecular weight excluding hydrogens is 598 g/mol. The molecule has 3 heterocycles. The van der Waals surface area contributed by atoms with Gasteiger partial charge < -0.3 is 24.5 Å². The van der Waals surface area contributed by atoms with Crippen molar-refractivity contribution in [2.45, 2.75) is 82.1 Å². The molecule has 6 atom stereocenters. The average Bonchev–Trinajstić information content (AvgIpc) is 3.49. The van der Waals surface area contributed by atoms with Gasteiger partial charge in [0.05, 0.1) is 24.5 Å². The number of benzene rings is 1. The third-order valence-corrected chi connectivity index (χ3v) is 9.64. The van der Waals surface area contributed by atoms with Crippen molar-refractivity contribution < 1.29 is 24.2 Å². The van der Waals surface area contributed by atoms with Crippen LogP contribution in [0.1, 0.15) is 53.0 Å². The van der Waals surface area contributed by atoms with E-state index >= 15 is 0 Å². The van der Waals surface area contributed by atoms with Gasteiger partial charge in [-0.3, -0.25) is 14.4 Å². The minimum atomic E-state index is -1.19. The zero-order valence-corrected chi connectivity index (χ0v) is 27.2. The molecule has 42 heavy (non-hydrogen) atoms. The maximum Gasteiger partial charge on any atom is 0.249 e. The summed E-state index contributed by atoms with van der Waals surface area (Å²) in [5, 5.41) is 10.0. The Kier molecular flexibility index (Phi) is 9.46. The first-order valence-corrected chi connectivity index (χ1v) is 15.7. The van der Waals surface area contributed by atoms with Gasteiger partial charge in [-0.15, -0.1) is 13.2 Å². The van der Waals surface area contributed by atoms with Crippen molar-refractivity contribution in [1.82, 2.24) is 14.7 Å². The van der Waals surface area contributed by atoms with Crippen LogP contribution in [0.25, 0.3) is 0 Å². The molecule has 3 unspecified atom stereocenters. The van der Waals surface area contributed by atoms with E-state index < -0.39 is 35.1 Å². The number of amides is 3. The Morgan fingerprint density at radius 1 is 1.12 bits per heavy atom. The maximum atomic E-state index is 14.7. The van der Waals surface area contributed by atoms with Crippen LogP contribution in [0.5, 0.6) is 0 Å². The zero-order valence-electron chi connectivity index (χ0n) is 25.6. The fraction of sp³-hybridized carbons (Fsp3) is 0.606. The van der Waals surface area contributed by atoms with E-state index in [9.17, 15) is 19.5 Å². The standard InChI is InChI=1S/C33H46BrN3O5/c1-8-15-35(20-22-13-11-10-12-14-22)28(39)24-25-29(40)36(17-18-38)27(33(25)19-23(34)26(24)42-33)30(41)37(16-9-2)32(6,7)21-31(3,4)5/h8-14,23-27,38H,1-2,15-21H2,3-7H3/t23?,24-,25-,26-,27?,33?/m0/s1. The quantitative estimate of drug-likeness (QED) is 0.273. The molecule has 3 fully saturated rings. The molecule has 3 saturated heterocycles. The number of hydrogen-bond donors (Lipinski definition) is 1. The SMILES string of the molecule is C=CCN(Cc1ccccc1)C(=O)[C@H]1[C@H]2C(=O)N(CCO)C(C(=O)N(CC=C)C(C)(C)CC(C)(C)C)C23CC(Br)[C@@H]1O3. The second-order valence-corrected chi connectivity index (χ2v) is 14.9. The summed E-state index contributed by atoms with van der Waals surface area (Å²) >= 11 is 3.76. The van der Waals surface area contributed by atoms with Crippen molar-refractivity contribution in [3.63, 3.8) is 0 Å². The number of ether oxygens (including phenoxy) is 1. The van der Waals surface area contributed by atoms with E-state index in [1.807, 2.05) is 44.2 Å². The van der Waals surface area contributed by atoms with Crippen molar-refractivity contribution in [2.75, 3.05) is 26.2 Å². The number of aliphatic hydroxyl groups excluding tert-OH is 1. The molecule has 1 aromatic rings. The monoisotopic (exact) mass is 643 g/mol. The number of carbonyl (C=O) groups excluding carboxylic acids is 3. The molecule has 0 saturated carbocycles. The molecule has 230 valence electrons. The minimum absolute atomic E-state index is 0.0165. The smallest absolute Gasteiger partial charge is 0.249 e. The molecular formula is C33H46BrN3O5. The van der Waals surface area contributed by atoms with Gasteiger partial charge in [0.15, 0.2) is 0 Å². The van der Waals surface area contributed by atoms with Gasteiger partial charge >= 0.3 is 0 Å². The van der Waals surface area contributed by atoms with E-state index in [0.717, 1.165) is 12.0 Å². The topological polar surface area (TPSA) is 90.4 Å². The first kappa shape index (κ1) is 32.4. The predicted molar refractivity (Wildman–Crippen MR) is 167 cm³/mol. The Morgan fingerprint density at radius 3 is 2.33 bits per heavy atom. The average molecular weight is 645 g/mol. The number of rotatable bonds is 12. The Morgan fingerprint density at radius 2 is 1.76 bits per heavy atom. The minimum Gasteiger partial charge on any atom is -0.395 e. The highest BCUT2D eigenvalue weighted by atomic mass is 79.9. The van der Waals surface area contributed by atoms with E-state index in [4.69, 9.17) is 4.74 Å². The van der Waals surface area contributed by atoms with Crippen LogP contribution in [0, 0.1) is 17.3 Å². The van der Waals surface area contributed by atoms with Crippen LogP contribution in [0.15, 0.2) is 55.6 Å². The normalized spacial score (nSPS) is 28.5. The molecule has 3 amide bonds. The lowest BCUT2D eigenvalue weighted by Crippen LogP contribution is -2.61. The molecule has 0 radical (unpaired) electrons. The first-order valence-electron chi connectivity index (χ1n) is 14.8. The second-order valence-electron chi connectivity index (χ2n) is 13.7. The number of carbonyl (C=O) groups is 3. The molecule has 1 spiro atoms. The van der Waals surface area contributed by atoms with E-state index in [1.165, 1.54) is 4.90 Å². The summed E-state index contributed by atoms with van der Waals surface area (Å²) in [6.07, 6.45) is 3.96. The van der Waals surface area contributed by atoms with Crippen molar-refractivity contribution in [3.8, 4) is 0 Å². The van der Waals surface area contributed by atoms with Gasteiger partial charge in [0.2, 0.25) is 17.7 Å². The lowest BCUT2D eigenvalue weighted by molar-refractivity contribution is -0.153. The number of nitrogens with zero attached hydrogens (tertiary/aromatic N) is 3. The van der Waals surface area contributed by atoms with Crippen LogP contribution in [0.3, 0.4) is 0 Å². The van der Waals surface area contributed by atoms with Crippen LogP contribution in [-0.2, 0) is 25.7 Å². The molecule has 8 nitrogen and oxygen atoms in total. The molecule has 0 aliphatic carbocycles. The van der Waals surface area contributed by atoms with Crippen molar-refractivity contribution in [2.24, 2.45) is 17.3 Å². The summed E-state index contributed by atoms with van der Waals surface area (Å²) < 4.78 is 6.69. The van der Waals surface area contributed by atoms with Gasteiger partial charge in [-0.25, -0.2) is 0 Å². The third kappa shape index (κ3) is 5.84. The Balaban J connectivity index is 1.75. The summed E-state index contributed by atoms with van der Waals surface area (Å²) in [6, 6.07) is 8.73. The zero-order chi connectivity index (χ0) is 31.0. The highest BCUT2D eigenvalue weighted by molar-refractivity contribution is 9.09. The lowest BCUT2D eigenvalue weighted by Gasteiger charge is -2.45. The Labute approximate surface area is 258 Å². The summed E-state index contributed by atoms with van der Waals surface area (Å²) in [4.78, 5) is 48.0. The summed E-state index contributed by atoms with van der Waals surface area (Å²) in [5.74, 6) is -2.35. The summed E-state index contributed by atoms with van der Waals surface area (Å²) in [7, 11) is 0. The van der Waals surface area contributed by atoms with Gasteiger partial charge in [0.25, 0.3) is 0 Å². The predicted octanol–water partition coefficient (Wildman–Crippen LogP) is 4.17. The van der Waals surface area contributed by atoms with E-state index in [2.05, 4.69) is 49.9 Å². The number of likely N-dealkylation sites (tertiary alicyclic amines) is 1. The second kappa shape index (κ2) is 12.2. The van der Waals surface area contributed by atoms with Gasteiger partial charge in [-0.1, -0.05) is 79.2 Å². The fourth-order valence-electron chi connectivity index (χ4n) is 7.75. The highest BCUT2D eigenvalue weighted by Crippen LogP contribution is 2.60. The van der Waals surface area contributed by atoms with Crippen LogP contribution >= 0.6 is 15.9 Å². The summed E-state index contributed by atoms with van der Waals surface area (Å²) in [5.41, 5.74) is -0.834. The van der Waals surface area contributed by atoms with Crippen molar-refractivity contribution in [3.05, 3.63) is 61.2 Å². The van der Waals surface area contributed by atoms with Crippen molar-refractivity contribution in [1.29, 1.82) is 0 Å². The molecule has 0 aromatic heterocycles. The number of fused-ring (bicyclic) bond motifs is 1. The van der Waals surface area contributed by atoms with Gasteiger partial charge in [-0.05, 0) is 37.7 Å². The van der Waals surface area contributed by atoms with Crippen LogP contribution in [-0.4, -0.2) is 91.9 Å². The van der Waals surface area contributed by atoms with E-state index in [0.29, 0.717) is 26.1 Å². The number of β-amino-alcohol motifs (C(OH)–C–C–N with tert-alkyl or cyclic N) is 1. The lowest BCUT2D eigenvalue weighted by atomic mass is 9.70. The molecule has 9 heteroatoms. The fourth-order valence-corrected chi connectivity index (χ4v) is 8.69. The molecule has 2 bridgehead atoms. The molecule has 1 N–H and O–H groups in total. The number of alkyl halides is 1. The van der Waals surface area contributed by atoms with Crippen molar-refractivity contribution >= 4 is 33.7 Å². The summed E-state index contributed by atoms with van der Waals surface area (Å²) in [6.45, 7) is 18.9. The van der Waals surface area contributed by atoms with Crippen LogP contribution in [0.4, 0.5) is 0 Å².